The number of hydrogen-bond acceptors (Lipinski definition) is 6. The van der Waals surface area contributed by atoms with Gasteiger partial charge in [0.15, 0.2) is 0 Å². The van der Waals surface area contributed by atoms with E-state index < -0.39 is 11.9 Å². The van der Waals surface area contributed by atoms with Crippen LogP contribution in [0.1, 0.15) is 17.5 Å². The van der Waals surface area contributed by atoms with E-state index in [9.17, 15) is 10.1 Å². The van der Waals surface area contributed by atoms with Gasteiger partial charge in [-0.1, -0.05) is 48.5 Å². The van der Waals surface area contributed by atoms with E-state index in [-0.39, 0.29) is 10.6 Å². The highest BCUT2D eigenvalue weighted by Gasteiger charge is 2.20. The van der Waals surface area contributed by atoms with Crippen molar-refractivity contribution in [2.75, 3.05) is 32.7 Å². The molecule has 1 aliphatic heterocycles. The predicted molar refractivity (Wildman–Crippen MR) is 115 cm³/mol. The molecule has 2 aromatic rings. The average molecular weight is 429 g/mol. The average Bonchev–Trinajstić information content (AvgIpc) is 2.76. The van der Waals surface area contributed by atoms with Gasteiger partial charge in [0.2, 0.25) is 0 Å². The second-order valence-corrected chi connectivity index (χ2v) is 7.20. The topological polar surface area (TPSA) is 124 Å². The third-order valence-corrected chi connectivity index (χ3v) is 5.01. The summed E-state index contributed by atoms with van der Waals surface area (Å²) in [4.78, 5) is 33.9. The lowest BCUT2D eigenvalue weighted by atomic mass is 10.1. The summed E-state index contributed by atoms with van der Waals surface area (Å²) in [6.45, 7) is 5.79. The van der Waals surface area contributed by atoms with Crippen LogP contribution in [0.2, 0.25) is 0 Å². The minimum absolute atomic E-state index is 0.229. The van der Waals surface area contributed by atoms with Gasteiger partial charge in [-0.05, 0) is 24.9 Å². The second-order valence-electron chi connectivity index (χ2n) is 7.20. The largest absolute Gasteiger partial charge is 0.473 e. The number of para-hydroxylation sites is 1. The number of carboxylic acids is 2. The Morgan fingerprint density at radius 3 is 2.00 bits per heavy atom. The summed E-state index contributed by atoms with van der Waals surface area (Å²) in [5.74, 6) is -3.65. The van der Waals surface area contributed by atoms with Gasteiger partial charge in [0.05, 0.1) is 4.92 Å². The van der Waals surface area contributed by atoms with Crippen molar-refractivity contribution in [3.05, 3.63) is 75.8 Å². The molecular formula is C22H27N3O6. The van der Waals surface area contributed by atoms with E-state index >= 15 is 0 Å². The van der Waals surface area contributed by atoms with E-state index in [4.69, 9.17) is 19.8 Å². The molecule has 0 aliphatic carbocycles. The molecule has 1 saturated heterocycles. The number of aryl methyl sites for hydroxylation is 1. The number of nitro groups is 1. The Kier molecular flexibility index (Phi) is 9.60. The number of benzene rings is 2. The van der Waals surface area contributed by atoms with Gasteiger partial charge in [0, 0.05) is 44.4 Å². The van der Waals surface area contributed by atoms with Crippen molar-refractivity contribution in [2.45, 2.75) is 19.4 Å². The summed E-state index contributed by atoms with van der Waals surface area (Å²) >= 11 is 0. The monoisotopic (exact) mass is 429 g/mol. The number of aliphatic carboxylic acids is 2. The first kappa shape index (κ1) is 24.0. The maximum absolute atomic E-state index is 11.1. The van der Waals surface area contributed by atoms with Gasteiger partial charge >= 0.3 is 11.9 Å². The van der Waals surface area contributed by atoms with Crippen LogP contribution in [0.3, 0.4) is 0 Å². The number of nitrogens with zero attached hydrogens (tertiary/aromatic N) is 3. The van der Waals surface area contributed by atoms with Crippen molar-refractivity contribution < 1.29 is 24.7 Å². The molecule has 166 valence electrons. The van der Waals surface area contributed by atoms with Crippen LogP contribution in [0.15, 0.2) is 54.6 Å². The molecule has 2 N–H and O–H groups in total. The molecule has 0 spiro atoms. The quantitative estimate of drug-likeness (QED) is 0.391. The highest BCUT2D eigenvalue weighted by Crippen LogP contribution is 2.20. The van der Waals surface area contributed by atoms with E-state index in [2.05, 4.69) is 40.1 Å². The van der Waals surface area contributed by atoms with Crippen LogP contribution in [0.5, 0.6) is 0 Å². The number of rotatable bonds is 7. The van der Waals surface area contributed by atoms with E-state index in [0.717, 1.165) is 44.7 Å². The standard InChI is InChI=1S/C20H25N3O2.C2H2O4/c24-23(25)20-11-5-4-10-19(20)17-22-15-13-21(14-16-22)12-6-9-18-7-2-1-3-8-18;3-1(4)2(5)6/h1-5,7-8,10-11H,6,9,12-17H2;(H,3,4)(H,5,6). The Hall–Kier alpha value is -3.30. The minimum atomic E-state index is -1.82. The Morgan fingerprint density at radius 2 is 1.42 bits per heavy atom. The van der Waals surface area contributed by atoms with Crippen molar-refractivity contribution in [2.24, 2.45) is 0 Å². The third-order valence-electron chi connectivity index (χ3n) is 5.01. The SMILES string of the molecule is O=C(O)C(=O)O.O=[N+]([O-])c1ccccc1CN1CCN(CCCc2ccccc2)CC1. The Labute approximate surface area is 180 Å². The van der Waals surface area contributed by atoms with Gasteiger partial charge in [-0.25, -0.2) is 9.59 Å². The number of carbonyl (C=O) groups is 2. The van der Waals surface area contributed by atoms with Crippen LogP contribution in [-0.4, -0.2) is 69.6 Å². The number of piperazine rings is 1. The van der Waals surface area contributed by atoms with Crippen molar-refractivity contribution >= 4 is 17.6 Å². The number of carboxylic acid groups (broad SMARTS) is 2. The van der Waals surface area contributed by atoms with Crippen LogP contribution < -0.4 is 0 Å². The van der Waals surface area contributed by atoms with Crippen molar-refractivity contribution in [1.82, 2.24) is 9.80 Å². The number of nitro benzene ring substituents is 1. The molecule has 31 heavy (non-hydrogen) atoms. The molecule has 0 saturated carbocycles. The zero-order chi connectivity index (χ0) is 22.6. The molecule has 0 aromatic heterocycles. The zero-order valence-electron chi connectivity index (χ0n) is 17.2. The maximum Gasteiger partial charge on any atom is 0.414 e. The molecule has 1 aliphatic rings. The van der Waals surface area contributed by atoms with Gasteiger partial charge in [0.25, 0.3) is 5.69 Å². The normalized spacial score (nSPS) is 14.3. The molecule has 0 radical (unpaired) electrons. The fourth-order valence-electron chi connectivity index (χ4n) is 3.39. The van der Waals surface area contributed by atoms with Crippen LogP contribution in [0, 0.1) is 10.1 Å². The van der Waals surface area contributed by atoms with Crippen LogP contribution in [-0.2, 0) is 22.6 Å². The van der Waals surface area contributed by atoms with Crippen molar-refractivity contribution in [3.8, 4) is 0 Å². The summed E-state index contributed by atoms with van der Waals surface area (Å²) in [6.07, 6.45) is 2.30. The molecule has 0 unspecified atom stereocenters. The van der Waals surface area contributed by atoms with Gasteiger partial charge < -0.3 is 15.1 Å². The maximum atomic E-state index is 11.1. The molecule has 9 nitrogen and oxygen atoms in total. The Bertz CT molecular complexity index is 855. The smallest absolute Gasteiger partial charge is 0.414 e. The van der Waals surface area contributed by atoms with Gasteiger partial charge in [0.1, 0.15) is 0 Å². The van der Waals surface area contributed by atoms with E-state index in [1.54, 1.807) is 12.1 Å². The first-order valence-electron chi connectivity index (χ1n) is 10.0. The lowest BCUT2D eigenvalue weighted by Gasteiger charge is -2.34. The second kappa shape index (κ2) is 12.4. The number of hydrogen-bond donors (Lipinski definition) is 2. The molecule has 9 heteroatoms. The van der Waals surface area contributed by atoms with Crippen LogP contribution >= 0.6 is 0 Å². The molecule has 1 fully saturated rings. The molecule has 0 amide bonds. The summed E-state index contributed by atoms with van der Waals surface area (Å²) in [5.41, 5.74) is 2.44. The van der Waals surface area contributed by atoms with E-state index in [1.165, 1.54) is 12.0 Å². The highest BCUT2D eigenvalue weighted by molar-refractivity contribution is 6.27. The van der Waals surface area contributed by atoms with Crippen molar-refractivity contribution in [3.63, 3.8) is 0 Å². The summed E-state index contributed by atoms with van der Waals surface area (Å²) in [7, 11) is 0. The predicted octanol–water partition coefficient (Wildman–Crippen LogP) is 2.50. The third kappa shape index (κ3) is 8.53. The summed E-state index contributed by atoms with van der Waals surface area (Å²) in [5, 5.41) is 25.9. The fourth-order valence-corrected chi connectivity index (χ4v) is 3.39. The minimum Gasteiger partial charge on any atom is -0.473 e. The molecular weight excluding hydrogens is 402 g/mol. The Morgan fingerprint density at radius 1 is 0.871 bits per heavy atom. The molecule has 0 bridgehead atoms. The summed E-state index contributed by atoms with van der Waals surface area (Å²) < 4.78 is 0. The van der Waals surface area contributed by atoms with Crippen molar-refractivity contribution in [1.29, 1.82) is 0 Å². The molecule has 3 rings (SSSR count). The van der Waals surface area contributed by atoms with Gasteiger partial charge in [-0.3, -0.25) is 15.0 Å². The lowest BCUT2D eigenvalue weighted by Crippen LogP contribution is -2.46. The molecule has 2 aromatic carbocycles. The summed E-state index contributed by atoms with van der Waals surface area (Å²) in [6, 6.07) is 17.7. The lowest BCUT2D eigenvalue weighted by molar-refractivity contribution is -0.385. The first-order chi connectivity index (χ1) is 14.9. The van der Waals surface area contributed by atoms with Gasteiger partial charge in [-0.15, -0.1) is 0 Å². The van der Waals surface area contributed by atoms with E-state index in [1.807, 2.05) is 12.1 Å². The van der Waals surface area contributed by atoms with Crippen LogP contribution in [0.4, 0.5) is 5.69 Å². The highest BCUT2D eigenvalue weighted by atomic mass is 16.6. The zero-order valence-corrected chi connectivity index (χ0v) is 17.2. The Balaban J connectivity index is 0.000000501. The van der Waals surface area contributed by atoms with Gasteiger partial charge in [-0.2, -0.15) is 0 Å². The van der Waals surface area contributed by atoms with E-state index in [0.29, 0.717) is 6.54 Å². The fraction of sp³-hybridized carbons (Fsp3) is 0.364. The molecule has 0 atom stereocenters. The first-order valence-corrected chi connectivity index (χ1v) is 10.0. The molecule has 1 heterocycles. The van der Waals surface area contributed by atoms with Crippen LogP contribution in [0.25, 0.3) is 0 Å².